The average Bonchev–Trinajstić information content (AvgIpc) is 2.08. The average molecular weight is 164 g/mol. The predicted molar refractivity (Wildman–Crippen MR) is 55.1 cm³/mol. The van der Waals surface area contributed by atoms with Gasteiger partial charge in [-0.1, -0.05) is 24.1 Å². The summed E-state index contributed by atoms with van der Waals surface area (Å²) in [6.07, 6.45) is 6.29. The van der Waals surface area contributed by atoms with E-state index in [-0.39, 0.29) is 0 Å². The maximum atomic E-state index is 2.34. The molecule has 0 nitrogen and oxygen atoms in total. The molecule has 68 valence electrons. The highest BCUT2D eigenvalue weighted by atomic mass is 14.2. The number of rotatable bonds is 1. The van der Waals surface area contributed by atoms with Crippen molar-refractivity contribution in [1.82, 2.24) is 0 Å². The first kappa shape index (κ1) is 9.57. The molecule has 0 saturated carbocycles. The van der Waals surface area contributed by atoms with Crippen LogP contribution in [0.2, 0.25) is 0 Å². The van der Waals surface area contributed by atoms with Crippen LogP contribution in [0.3, 0.4) is 0 Å². The predicted octanol–water partition coefficient (Wildman–Crippen LogP) is 4.09. The largest absolute Gasteiger partial charge is 0.0844 e. The first-order valence-corrected chi connectivity index (χ1v) is 4.99. The minimum absolute atomic E-state index is 0.809. The third-order valence-electron chi connectivity index (χ3n) is 3.19. The van der Waals surface area contributed by atoms with E-state index < -0.39 is 0 Å². The van der Waals surface area contributed by atoms with E-state index in [1.54, 1.807) is 11.1 Å². The zero-order chi connectivity index (χ0) is 9.14. The van der Waals surface area contributed by atoms with E-state index in [0.29, 0.717) is 0 Å². The zero-order valence-corrected chi connectivity index (χ0v) is 8.78. The molecule has 0 amide bonds. The summed E-state index contributed by atoms with van der Waals surface area (Å²) in [7, 11) is 0. The Morgan fingerprint density at radius 1 is 1.50 bits per heavy atom. The molecule has 0 unspecified atom stereocenters. The Kier molecular flexibility index (Phi) is 3.13. The second kappa shape index (κ2) is 3.93. The molecule has 1 aliphatic carbocycles. The molecule has 12 heavy (non-hydrogen) atoms. The highest BCUT2D eigenvalue weighted by Gasteiger charge is 2.15. The van der Waals surface area contributed by atoms with Gasteiger partial charge >= 0.3 is 0 Å². The maximum absolute atomic E-state index is 2.34. The van der Waals surface area contributed by atoms with Crippen molar-refractivity contribution in [2.24, 2.45) is 5.92 Å². The molecule has 0 N–H and O–H groups in total. The van der Waals surface area contributed by atoms with Gasteiger partial charge in [0.2, 0.25) is 0 Å². The lowest BCUT2D eigenvalue weighted by Crippen LogP contribution is -2.07. The summed E-state index contributed by atoms with van der Waals surface area (Å²) >= 11 is 0. The molecule has 0 aromatic heterocycles. The lowest BCUT2D eigenvalue weighted by molar-refractivity contribution is 0.538. The Balaban J connectivity index is 2.93. The lowest BCUT2D eigenvalue weighted by atomic mass is 9.82. The number of allylic oxidation sites excluding steroid dienone is 4. The van der Waals surface area contributed by atoms with Gasteiger partial charge in [-0.2, -0.15) is 0 Å². The molecule has 0 heteroatoms. The highest BCUT2D eigenvalue weighted by Crippen LogP contribution is 2.32. The Morgan fingerprint density at radius 3 is 2.75 bits per heavy atom. The molecule has 0 radical (unpaired) electrons. The van der Waals surface area contributed by atoms with Gasteiger partial charge in [0.1, 0.15) is 0 Å². The van der Waals surface area contributed by atoms with E-state index in [1.807, 2.05) is 0 Å². The van der Waals surface area contributed by atoms with E-state index in [0.717, 1.165) is 5.92 Å². The van der Waals surface area contributed by atoms with Crippen molar-refractivity contribution in [3.8, 4) is 0 Å². The highest BCUT2D eigenvalue weighted by molar-refractivity contribution is 5.35. The quantitative estimate of drug-likeness (QED) is 0.547. The molecule has 0 saturated heterocycles. The topological polar surface area (TPSA) is 0 Å². The second-order valence-electron chi connectivity index (χ2n) is 3.93. The van der Waals surface area contributed by atoms with Crippen LogP contribution in [0.1, 0.15) is 47.0 Å². The molecule has 1 aliphatic rings. The Bertz CT molecular complexity index is 218. The Morgan fingerprint density at radius 2 is 2.17 bits per heavy atom. The molecule has 1 atom stereocenters. The Hall–Kier alpha value is -0.520. The normalized spacial score (nSPS) is 26.3. The van der Waals surface area contributed by atoms with Crippen LogP contribution >= 0.6 is 0 Å². The van der Waals surface area contributed by atoms with Gasteiger partial charge in [0.05, 0.1) is 0 Å². The van der Waals surface area contributed by atoms with Crippen molar-refractivity contribution in [2.75, 3.05) is 0 Å². The van der Waals surface area contributed by atoms with Crippen molar-refractivity contribution in [3.05, 3.63) is 22.8 Å². The summed E-state index contributed by atoms with van der Waals surface area (Å²) in [5.41, 5.74) is 4.73. The van der Waals surface area contributed by atoms with Crippen LogP contribution in [0.15, 0.2) is 22.8 Å². The van der Waals surface area contributed by atoms with Crippen LogP contribution in [0.4, 0.5) is 0 Å². The summed E-state index contributed by atoms with van der Waals surface area (Å²) in [6, 6.07) is 0. The van der Waals surface area contributed by atoms with Crippen molar-refractivity contribution in [3.63, 3.8) is 0 Å². The van der Waals surface area contributed by atoms with Crippen LogP contribution in [0.25, 0.3) is 0 Å². The van der Waals surface area contributed by atoms with Crippen LogP contribution in [0, 0.1) is 5.92 Å². The first-order chi connectivity index (χ1) is 5.66. The molecule has 1 rings (SSSR count). The molecule has 0 aromatic rings. The fourth-order valence-electron chi connectivity index (χ4n) is 1.98. The van der Waals surface area contributed by atoms with E-state index in [2.05, 4.69) is 33.8 Å². The smallest absolute Gasteiger partial charge is 0.0228 e. The third kappa shape index (κ3) is 1.80. The van der Waals surface area contributed by atoms with Gasteiger partial charge in [0.25, 0.3) is 0 Å². The van der Waals surface area contributed by atoms with Gasteiger partial charge in [-0.05, 0) is 51.5 Å². The van der Waals surface area contributed by atoms with Gasteiger partial charge in [0.15, 0.2) is 0 Å². The first-order valence-electron chi connectivity index (χ1n) is 4.99. The van der Waals surface area contributed by atoms with E-state index in [9.17, 15) is 0 Å². The minimum Gasteiger partial charge on any atom is -0.0844 e. The van der Waals surface area contributed by atoms with E-state index >= 15 is 0 Å². The summed E-state index contributed by atoms with van der Waals surface area (Å²) in [4.78, 5) is 0. The van der Waals surface area contributed by atoms with Gasteiger partial charge in [-0.15, -0.1) is 0 Å². The molecule has 0 spiro atoms. The van der Waals surface area contributed by atoms with Crippen molar-refractivity contribution >= 4 is 0 Å². The van der Waals surface area contributed by atoms with Gasteiger partial charge in [-0.25, -0.2) is 0 Å². The van der Waals surface area contributed by atoms with Gasteiger partial charge in [0, 0.05) is 0 Å². The van der Waals surface area contributed by atoms with Crippen molar-refractivity contribution in [1.29, 1.82) is 0 Å². The summed E-state index contributed by atoms with van der Waals surface area (Å²) in [5, 5.41) is 0. The minimum atomic E-state index is 0.809. The van der Waals surface area contributed by atoms with Crippen LogP contribution in [-0.4, -0.2) is 0 Å². The summed E-state index contributed by atoms with van der Waals surface area (Å²) in [6.45, 7) is 9.01. The van der Waals surface area contributed by atoms with E-state index in [4.69, 9.17) is 0 Å². The molecule has 0 fully saturated rings. The third-order valence-corrected chi connectivity index (χ3v) is 3.19. The molecular formula is C12H20. The molecule has 0 bridgehead atoms. The second-order valence-corrected chi connectivity index (χ2v) is 3.93. The monoisotopic (exact) mass is 164 g/mol. The fraction of sp³-hybridized carbons (Fsp3) is 0.667. The van der Waals surface area contributed by atoms with Gasteiger partial charge in [-0.3, -0.25) is 0 Å². The van der Waals surface area contributed by atoms with Crippen molar-refractivity contribution < 1.29 is 0 Å². The maximum Gasteiger partial charge on any atom is -0.0228 e. The summed E-state index contributed by atoms with van der Waals surface area (Å²) < 4.78 is 0. The molecule has 0 aromatic carbocycles. The lowest BCUT2D eigenvalue weighted by Gasteiger charge is -2.24. The molecule has 0 heterocycles. The van der Waals surface area contributed by atoms with Crippen LogP contribution in [-0.2, 0) is 0 Å². The SMILES string of the molecule is C/C=C(/C)C1=C(C)[C@@H](C)CCC1. The van der Waals surface area contributed by atoms with E-state index in [1.165, 1.54) is 24.8 Å². The van der Waals surface area contributed by atoms with Crippen LogP contribution in [0.5, 0.6) is 0 Å². The summed E-state index contributed by atoms with van der Waals surface area (Å²) in [5.74, 6) is 0.809. The molecular weight excluding hydrogens is 144 g/mol. The number of hydrogen-bond acceptors (Lipinski definition) is 0. The van der Waals surface area contributed by atoms with Crippen molar-refractivity contribution in [2.45, 2.75) is 47.0 Å². The fourth-order valence-corrected chi connectivity index (χ4v) is 1.98. The zero-order valence-electron chi connectivity index (χ0n) is 8.78. The Labute approximate surface area is 76.4 Å². The standard InChI is InChI=1S/C12H20/c1-5-9(2)12-8-6-7-10(3)11(12)4/h5,10H,6-8H2,1-4H3/b9-5-/t10-/m0/s1. The van der Waals surface area contributed by atoms with Crippen LogP contribution < -0.4 is 0 Å². The molecule has 0 aliphatic heterocycles. The van der Waals surface area contributed by atoms with Gasteiger partial charge < -0.3 is 0 Å². The number of hydrogen-bond donors (Lipinski definition) is 0.